The highest BCUT2D eigenvalue weighted by molar-refractivity contribution is 5.53. The van der Waals surface area contributed by atoms with E-state index in [4.69, 9.17) is 9.84 Å². The summed E-state index contributed by atoms with van der Waals surface area (Å²) in [5, 5.41) is 8.56. The van der Waals surface area contributed by atoms with Crippen molar-refractivity contribution in [1.29, 1.82) is 0 Å². The van der Waals surface area contributed by atoms with Crippen LogP contribution in [0.4, 0.5) is 0 Å². The highest BCUT2D eigenvalue weighted by Gasteiger charge is 2.10. The Kier molecular flexibility index (Phi) is 1.74. The van der Waals surface area contributed by atoms with E-state index in [1.807, 2.05) is 18.2 Å². The first-order chi connectivity index (χ1) is 5.90. The molecule has 0 aromatic heterocycles. The molecule has 0 saturated carbocycles. The molecule has 0 atom stereocenters. The quantitative estimate of drug-likeness (QED) is 0.641. The molecule has 1 aliphatic heterocycles. The highest BCUT2D eigenvalue weighted by atomic mass is 16.5. The molecule has 0 radical (unpaired) electrons. The van der Waals surface area contributed by atoms with Crippen molar-refractivity contribution in [3.8, 4) is 5.75 Å². The molecule has 0 amide bonds. The molecule has 1 heterocycles. The number of hydrogen-bond acceptors (Lipinski definition) is 2. The maximum atomic E-state index is 8.56. The molecule has 0 aliphatic carbocycles. The Labute approximate surface area is 71.1 Å². The van der Waals surface area contributed by atoms with Crippen LogP contribution in [0.15, 0.2) is 24.5 Å². The van der Waals surface area contributed by atoms with Crippen LogP contribution in [-0.4, -0.2) is 11.7 Å². The summed E-state index contributed by atoms with van der Waals surface area (Å²) in [4.78, 5) is 0. The van der Waals surface area contributed by atoms with Crippen molar-refractivity contribution in [1.82, 2.24) is 0 Å². The maximum absolute atomic E-state index is 8.56. The molecule has 1 aromatic carbocycles. The molecule has 0 fully saturated rings. The Balaban J connectivity index is 2.38. The molecule has 0 spiro atoms. The molecule has 2 heteroatoms. The Morgan fingerprint density at radius 1 is 1.42 bits per heavy atom. The van der Waals surface area contributed by atoms with E-state index in [1.165, 1.54) is 5.56 Å². The minimum absolute atomic E-state index is 0.779. The number of hydrogen-bond donors (Lipinski definition) is 1. The van der Waals surface area contributed by atoms with Crippen molar-refractivity contribution in [2.24, 2.45) is 0 Å². The van der Waals surface area contributed by atoms with E-state index in [1.54, 1.807) is 6.08 Å². The number of aliphatic hydroxyl groups is 1. The maximum Gasteiger partial charge on any atom is 0.122 e. The van der Waals surface area contributed by atoms with Crippen molar-refractivity contribution >= 4 is 6.08 Å². The molecule has 1 N–H and O–H groups in total. The van der Waals surface area contributed by atoms with Crippen molar-refractivity contribution in [2.75, 3.05) is 6.61 Å². The third-order valence-electron chi connectivity index (χ3n) is 1.98. The summed E-state index contributed by atoms with van der Waals surface area (Å²) in [5.41, 5.74) is 2.24. The number of fused-ring (bicyclic) bond motifs is 1. The van der Waals surface area contributed by atoms with Gasteiger partial charge in [0.25, 0.3) is 0 Å². The third-order valence-corrected chi connectivity index (χ3v) is 1.98. The van der Waals surface area contributed by atoms with Crippen molar-refractivity contribution in [3.63, 3.8) is 0 Å². The summed E-state index contributed by atoms with van der Waals surface area (Å²) in [6, 6.07) is 5.91. The Morgan fingerprint density at radius 3 is 3.17 bits per heavy atom. The fraction of sp³-hybridized carbons (Fsp3) is 0.200. The molecule has 0 bridgehead atoms. The standard InChI is InChI=1S/C10H10O2/c11-5-3-8-1-2-10-9(7-8)4-6-12-10/h1-3,5,7,11H,4,6H2/b5-3+. The fourth-order valence-electron chi connectivity index (χ4n) is 1.40. The average molecular weight is 162 g/mol. The Bertz CT molecular complexity index is 316. The van der Waals surface area contributed by atoms with Crippen LogP contribution in [-0.2, 0) is 6.42 Å². The lowest BCUT2D eigenvalue weighted by molar-refractivity contribution is 0.357. The largest absolute Gasteiger partial charge is 0.516 e. The molecule has 1 aliphatic rings. The first-order valence-electron chi connectivity index (χ1n) is 3.96. The van der Waals surface area contributed by atoms with Gasteiger partial charge >= 0.3 is 0 Å². The van der Waals surface area contributed by atoms with Gasteiger partial charge in [-0.15, -0.1) is 0 Å². The lowest BCUT2D eigenvalue weighted by Crippen LogP contribution is -1.85. The van der Waals surface area contributed by atoms with Crippen LogP contribution < -0.4 is 4.74 Å². The summed E-state index contributed by atoms with van der Waals surface area (Å²) < 4.78 is 5.34. The predicted octanol–water partition coefficient (Wildman–Crippen LogP) is 2.15. The van der Waals surface area contributed by atoms with Gasteiger partial charge in [0, 0.05) is 6.42 Å². The van der Waals surface area contributed by atoms with Gasteiger partial charge in [0.1, 0.15) is 5.75 Å². The van der Waals surface area contributed by atoms with Crippen LogP contribution in [0.2, 0.25) is 0 Å². The first-order valence-corrected chi connectivity index (χ1v) is 3.96. The van der Waals surface area contributed by atoms with Crippen molar-refractivity contribution < 1.29 is 9.84 Å². The third kappa shape index (κ3) is 1.16. The Hall–Kier alpha value is -1.44. The predicted molar refractivity (Wildman–Crippen MR) is 47.3 cm³/mol. The van der Waals surface area contributed by atoms with Gasteiger partial charge in [0.2, 0.25) is 0 Å². The summed E-state index contributed by atoms with van der Waals surface area (Å²) in [7, 11) is 0. The highest BCUT2D eigenvalue weighted by Crippen LogP contribution is 2.26. The minimum Gasteiger partial charge on any atom is -0.516 e. The fourth-order valence-corrected chi connectivity index (χ4v) is 1.40. The SMILES string of the molecule is O/C=C/c1ccc2c(c1)CCO2. The van der Waals surface area contributed by atoms with Crippen molar-refractivity contribution in [2.45, 2.75) is 6.42 Å². The van der Waals surface area contributed by atoms with Gasteiger partial charge in [-0.3, -0.25) is 0 Å². The zero-order valence-electron chi connectivity index (χ0n) is 6.66. The van der Waals surface area contributed by atoms with E-state index in [-0.39, 0.29) is 0 Å². The molecule has 12 heavy (non-hydrogen) atoms. The van der Waals surface area contributed by atoms with Gasteiger partial charge in [0.15, 0.2) is 0 Å². The number of rotatable bonds is 1. The first kappa shape index (κ1) is 7.22. The van der Waals surface area contributed by atoms with E-state index in [0.717, 1.165) is 30.6 Å². The van der Waals surface area contributed by atoms with Gasteiger partial charge in [-0.25, -0.2) is 0 Å². The molecule has 62 valence electrons. The smallest absolute Gasteiger partial charge is 0.122 e. The minimum atomic E-state index is 0.779. The average Bonchev–Trinajstić information content (AvgIpc) is 2.51. The van der Waals surface area contributed by atoms with Gasteiger partial charge < -0.3 is 9.84 Å². The van der Waals surface area contributed by atoms with Crippen LogP contribution in [0, 0.1) is 0 Å². The second kappa shape index (κ2) is 2.89. The number of ether oxygens (including phenoxy) is 1. The van der Waals surface area contributed by atoms with Gasteiger partial charge in [-0.05, 0) is 29.3 Å². The Morgan fingerprint density at radius 2 is 2.33 bits per heavy atom. The van der Waals surface area contributed by atoms with Gasteiger partial charge in [-0.1, -0.05) is 6.07 Å². The topological polar surface area (TPSA) is 29.5 Å². The van der Waals surface area contributed by atoms with Crippen LogP contribution >= 0.6 is 0 Å². The van der Waals surface area contributed by atoms with Crippen LogP contribution in [0.3, 0.4) is 0 Å². The van der Waals surface area contributed by atoms with E-state index >= 15 is 0 Å². The number of aliphatic hydroxyl groups excluding tert-OH is 1. The lowest BCUT2D eigenvalue weighted by Gasteiger charge is -1.98. The second-order valence-corrected chi connectivity index (χ2v) is 2.78. The zero-order valence-corrected chi connectivity index (χ0v) is 6.66. The van der Waals surface area contributed by atoms with Crippen LogP contribution in [0.5, 0.6) is 5.75 Å². The van der Waals surface area contributed by atoms with E-state index < -0.39 is 0 Å². The number of benzene rings is 1. The molecule has 2 nitrogen and oxygen atoms in total. The van der Waals surface area contributed by atoms with E-state index in [0.29, 0.717) is 0 Å². The van der Waals surface area contributed by atoms with Gasteiger partial charge in [-0.2, -0.15) is 0 Å². The molecule has 0 unspecified atom stereocenters. The normalized spacial score (nSPS) is 14.7. The molecular formula is C10H10O2. The summed E-state index contributed by atoms with van der Waals surface area (Å²) in [6.07, 6.45) is 3.69. The van der Waals surface area contributed by atoms with E-state index in [9.17, 15) is 0 Å². The zero-order chi connectivity index (χ0) is 8.39. The molecule has 0 saturated heterocycles. The second-order valence-electron chi connectivity index (χ2n) is 2.78. The van der Waals surface area contributed by atoms with E-state index in [2.05, 4.69) is 0 Å². The summed E-state index contributed by atoms with van der Waals surface area (Å²) in [6.45, 7) is 0.779. The molecule has 1 aromatic rings. The molecule has 2 rings (SSSR count). The van der Waals surface area contributed by atoms with Crippen LogP contribution in [0.1, 0.15) is 11.1 Å². The van der Waals surface area contributed by atoms with Gasteiger partial charge in [0.05, 0.1) is 12.9 Å². The van der Waals surface area contributed by atoms with Crippen LogP contribution in [0.25, 0.3) is 6.08 Å². The van der Waals surface area contributed by atoms with Crippen molar-refractivity contribution in [3.05, 3.63) is 35.6 Å². The molecular weight excluding hydrogens is 152 g/mol. The lowest BCUT2D eigenvalue weighted by atomic mass is 10.1. The summed E-state index contributed by atoms with van der Waals surface area (Å²) in [5.74, 6) is 0.977. The summed E-state index contributed by atoms with van der Waals surface area (Å²) >= 11 is 0. The monoisotopic (exact) mass is 162 g/mol.